The Kier molecular flexibility index (Phi) is 5.21. The van der Waals surface area contributed by atoms with E-state index in [1.165, 1.54) is 4.88 Å². The van der Waals surface area contributed by atoms with Gasteiger partial charge in [-0.15, -0.1) is 11.3 Å². The molecule has 18 heavy (non-hydrogen) atoms. The van der Waals surface area contributed by atoms with Gasteiger partial charge in [0.1, 0.15) is 0 Å². The highest BCUT2D eigenvalue weighted by Crippen LogP contribution is 2.25. The van der Waals surface area contributed by atoms with Crippen molar-refractivity contribution in [2.45, 2.75) is 38.8 Å². The SMILES string of the molecule is CCCNC1CCCN(Cc2sccc2Br)C1=O. The molecule has 100 valence electrons. The van der Waals surface area contributed by atoms with Gasteiger partial charge in [-0.2, -0.15) is 0 Å². The van der Waals surface area contributed by atoms with Crippen LogP contribution in [0.25, 0.3) is 0 Å². The molecule has 5 heteroatoms. The van der Waals surface area contributed by atoms with Gasteiger partial charge in [-0.05, 0) is 53.2 Å². The van der Waals surface area contributed by atoms with Crippen LogP contribution in [0, 0.1) is 0 Å². The molecule has 3 nitrogen and oxygen atoms in total. The highest BCUT2D eigenvalue weighted by Gasteiger charge is 2.28. The lowest BCUT2D eigenvalue weighted by Gasteiger charge is -2.32. The highest BCUT2D eigenvalue weighted by atomic mass is 79.9. The van der Waals surface area contributed by atoms with Crippen molar-refractivity contribution in [2.24, 2.45) is 0 Å². The number of piperidine rings is 1. The Hall–Kier alpha value is -0.390. The molecular weight excluding hydrogens is 312 g/mol. The van der Waals surface area contributed by atoms with E-state index >= 15 is 0 Å². The number of hydrogen-bond acceptors (Lipinski definition) is 3. The van der Waals surface area contributed by atoms with E-state index in [1.807, 2.05) is 11.0 Å². The van der Waals surface area contributed by atoms with Crippen LogP contribution in [0.1, 0.15) is 31.1 Å². The van der Waals surface area contributed by atoms with Crippen LogP contribution in [-0.4, -0.2) is 29.9 Å². The van der Waals surface area contributed by atoms with E-state index in [0.29, 0.717) is 0 Å². The Morgan fingerprint density at radius 1 is 1.61 bits per heavy atom. The minimum Gasteiger partial charge on any atom is -0.336 e. The fraction of sp³-hybridized carbons (Fsp3) is 0.615. The maximum absolute atomic E-state index is 12.3. The molecule has 0 spiro atoms. The number of thiophene rings is 1. The van der Waals surface area contributed by atoms with Gasteiger partial charge in [-0.1, -0.05) is 6.92 Å². The number of nitrogens with zero attached hydrogens (tertiary/aromatic N) is 1. The predicted octanol–water partition coefficient (Wildman–Crippen LogP) is 3.00. The number of likely N-dealkylation sites (tertiary alicyclic amines) is 1. The highest BCUT2D eigenvalue weighted by molar-refractivity contribution is 9.10. The topological polar surface area (TPSA) is 32.3 Å². The Morgan fingerprint density at radius 2 is 2.44 bits per heavy atom. The first kappa shape index (κ1) is 14.0. The Bertz CT molecular complexity index is 407. The summed E-state index contributed by atoms with van der Waals surface area (Å²) < 4.78 is 1.11. The van der Waals surface area contributed by atoms with E-state index in [-0.39, 0.29) is 11.9 Å². The first-order chi connectivity index (χ1) is 8.72. The van der Waals surface area contributed by atoms with Gasteiger partial charge in [0.2, 0.25) is 5.91 Å². The third kappa shape index (κ3) is 3.33. The number of carbonyl (C=O) groups is 1. The minimum absolute atomic E-state index is 0.0254. The van der Waals surface area contributed by atoms with Crippen LogP contribution in [0.2, 0.25) is 0 Å². The summed E-state index contributed by atoms with van der Waals surface area (Å²) in [4.78, 5) is 15.5. The zero-order valence-electron chi connectivity index (χ0n) is 10.6. The summed E-state index contributed by atoms with van der Waals surface area (Å²) in [6.45, 7) is 4.67. The summed E-state index contributed by atoms with van der Waals surface area (Å²) >= 11 is 5.23. The second kappa shape index (κ2) is 6.68. The zero-order chi connectivity index (χ0) is 13.0. The first-order valence-electron chi connectivity index (χ1n) is 6.46. The van der Waals surface area contributed by atoms with Crippen LogP contribution in [0.5, 0.6) is 0 Å². The standard InChI is InChI=1S/C13H19BrN2OS/c1-2-6-15-11-4-3-7-16(13(11)17)9-12-10(14)5-8-18-12/h5,8,11,15H,2-4,6-7,9H2,1H3. The Labute approximate surface area is 121 Å². The van der Waals surface area contributed by atoms with Crippen molar-refractivity contribution in [3.63, 3.8) is 0 Å². The average molecular weight is 331 g/mol. The van der Waals surface area contributed by atoms with Gasteiger partial charge in [-0.3, -0.25) is 4.79 Å². The van der Waals surface area contributed by atoms with Gasteiger partial charge in [0.05, 0.1) is 12.6 Å². The molecular formula is C13H19BrN2OS. The second-order valence-electron chi connectivity index (χ2n) is 4.60. The summed E-state index contributed by atoms with van der Waals surface area (Å²) in [6.07, 6.45) is 3.14. The maximum atomic E-state index is 12.3. The van der Waals surface area contributed by atoms with E-state index < -0.39 is 0 Å². The van der Waals surface area contributed by atoms with Crippen molar-refractivity contribution < 1.29 is 4.79 Å². The molecule has 1 aromatic heterocycles. The van der Waals surface area contributed by atoms with Crippen LogP contribution < -0.4 is 5.32 Å². The van der Waals surface area contributed by atoms with Gasteiger partial charge in [0.25, 0.3) is 0 Å². The van der Waals surface area contributed by atoms with Crippen molar-refractivity contribution >= 4 is 33.2 Å². The maximum Gasteiger partial charge on any atom is 0.240 e. The lowest BCUT2D eigenvalue weighted by Crippen LogP contribution is -2.50. The molecule has 2 rings (SSSR count). The molecule has 0 aliphatic carbocycles. The molecule has 1 atom stereocenters. The van der Waals surface area contributed by atoms with Crippen LogP contribution in [0.4, 0.5) is 0 Å². The Morgan fingerprint density at radius 3 is 3.11 bits per heavy atom. The summed E-state index contributed by atoms with van der Waals surface area (Å²) in [7, 11) is 0. The summed E-state index contributed by atoms with van der Waals surface area (Å²) in [6, 6.07) is 2.07. The normalized spacial score (nSPS) is 20.4. The zero-order valence-corrected chi connectivity index (χ0v) is 13.0. The quantitative estimate of drug-likeness (QED) is 0.900. The van der Waals surface area contributed by atoms with Crippen LogP contribution in [-0.2, 0) is 11.3 Å². The number of hydrogen-bond donors (Lipinski definition) is 1. The van der Waals surface area contributed by atoms with Crippen molar-refractivity contribution in [3.05, 3.63) is 20.8 Å². The number of amides is 1. The molecule has 1 aliphatic rings. The number of carbonyl (C=O) groups excluding carboxylic acids is 1. The van der Waals surface area contributed by atoms with Gasteiger partial charge < -0.3 is 10.2 Å². The molecule has 1 saturated heterocycles. The molecule has 0 saturated carbocycles. The van der Waals surface area contributed by atoms with Crippen molar-refractivity contribution in [2.75, 3.05) is 13.1 Å². The van der Waals surface area contributed by atoms with Crippen LogP contribution in [0.3, 0.4) is 0 Å². The molecule has 1 fully saturated rings. The van der Waals surface area contributed by atoms with Gasteiger partial charge in [0.15, 0.2) is 0 Å². The summed E-state index contributed by atoms with van der Waals surface area (Å²) in [5, 5.41) is 5.40. The number of nitrogens with one attached hydrogen (secondary N) is 1. The van der Waals surface area contributed by atoms with Crippen molar-refractivity contribution in [1.29, 1.82) is 0 Å². The average Bonchev–Trinajstić information content (AvgIpc) is 2.76. The molecule has 1 N–H and O–H groups in total. The summed E-state index contributed by atoms with van der Waals surface area (Å²) in [5.74, 6) is 0.259. The van der Waals surface area contributed by atoms with Crippen LogP contribution in [0.15, 0.2) is 15.9 Å². The van der Waals surface area contributed by atoms with Gasteiger partial charge in [-0.25, -0.2) is 0 Å². The van der Waals surface area contributed by atoms with E-state index in [2.05, 4.69) is 33.6 Å². The second-order valence-corrected chi connectivity index (χ2v) is 6.46. The monoisotopic (exact) mass is 330 g/mol. The number of halogens is 1. The minimum atomic E-state index is 0.0254. The molecule has 1 amide bonds. The predicted molar refractivity (Wildman–Crippen MR) is 78.8 cm³/mol. The van der Waals surface area contributed by atoms with Crippen molar-refractivity contribution in [3.8, 4) is 0 Å². The molecule has 0 bridgehead atoms. The van der Waals surface area contributed by atoms with Gasteiger partial charge in [0, 0.05) is 15.9 Å². The third-order valence-electron chi connectivity index (χ3n) is 3.20. The van der Waals surface area contributed by atoms with Crippen LogP contribution >= 0.6 is 27.3 Å². The lowest BCUT2D eigenvalue weighted by molar-refractivity contribution is -0.136. The van der Waals surface area contributed by atoms with Crippen molar-refractivity contribution in [1.82, 2.24) is 10.2 Å². The molecule has 0 radical (unpaired) electrons. The molecule has 1 unspecified atom stereocenters. The van der Waals surface area contributed by atoms with E-state index in [0.717, 1.165) is 43.4 Å². The first-order valence-corrected chi connectivity index (χ1v) is 8.13. The molecule has 2 heterocycles. The van der Waals surface area contributed by atoms with E-state index in [4.69, 9.17) is 0 Å². The molecule has 1 aliphatic heterocycles. The van der Waals surface area contributed by atoms with Gasteiger partial charge >= 0.3 is 0 Å². The summed E-state index contributed by atoms with van der Waals surface area (Å²) in [5.41, 5.74) is 0. The Balaban J connectivity index is 1.96. The fourth-order valence-corrected chi connectivity index (χ4v) is 3.71. The van der Waals surface area contributed by atoms with E-state index in [9.17, 15) is 4.79 Å². The van der Waals surface area contributed by atoms with E-state index in [1.54, 1.807) is 11.3 Å². The largest absolute Gasteiger partial charge is 0.336 e. The third-order valence-corrected chi connectivity index (χ3v) is 5.11. The smallest absolute Gasteiger partial charge is 0.240 e. The molecule has 0 aromatic carbocycles. The number of rotatable bonds is 5. The fourth-order valence-electron chi connectivity index (χ4n) is 2.22. The molecule has 1 aromatic rings. The lowest BCUT2D eigenvalue weighted by atomic mass is 10.0.